The van der Waals surface area contributed by atoms with E-state index in [0.717, 1.165) is 11.1 Å². The zero-order chi connectivity index (χ0) is 13.7. The molecule has 1 fully saturated rings. The first-order valence-electron chi connectivity index (χ1n) is 6.38. The molecule has 1 aliphatic heterocycles. The van der Waals surface area contributed by atoms with Gasteiger partial charge in [-0.25, -0.2) is 0 Å². The van der Waals surface area contributed by atoms with Crippen LogP contribution < -0.4 is 5.73 Å². The number of hydrogen-bond donors (Lipinski definition) is 1. The quantitative estimate of drug-likeness (QED) is 0.757. The van der Waals surface area contributed by atoms with E-state index >= 15 is 0 Å². The Kier molecular flexibility index (Phi) is 4.56. The molecule has 0 aromatic heterocycles. The zero-order valence-corrected chi connectivity index (χ0v) is 11.1. The first kappa shape index (κ1) is 13.6. The third-order valence-corrected chi connectivity index (χ3v) is 2.96. The van der Waals surface area contributed by atoms with Crippen molar-refractivity contribution in [2.24, 2.45) is 5.73 Å². The average Bonchev–Trinajstić information content (AvgIpc) is 2.44. The fourth-order valence-electron chi connectivity index (χ4n) is 2.08. The Bertz CT molecular complexity index is 523. The van der Waals surface area contributed by atoms with Crippen LogP contribution in [0.5, 0.6) is 0 Å². The first-order chi connectivity index (χ1) is 9.20. The third kappa shape index (κ3) is 3.57. The van der Waals surface area contributed by atoms with Crippen LogP contribution in [-0.4, -0.2) is 43.7 Å². The predicted octanol–water partition coefficient (Wildman–Crippen LogP) is 0.778. The van der Waals surface area contributed by atoms with Gasteiger partial charge in [0.1, 0.15) is 0 Å². The zero-order valence-electron chi connectivity index (χ0n) is 11.1. The Hall–Kier alpha value is -1.83. The molecule has 1 aromatic carbocycles. The maximum absolute atomic E-state index is 12.4. The van der Waals surface area contributed by atoms with E-state index in [1.165, 1.54) is 0 Å². The van der Waals surface area contributed by atoms with Crippen molar-refractivity contribution in [3.63, 3.8) is 0 Å². The number of carbonyl (C=O) groups is 1. The van der Waals surface area contributed by atoms with Gasteiger partial charge in [0.25, 0.3) is 5.91 Å². The van der Waals surface area contributed by atoms with Crippen molar-refractivity contribution in [3.05, 3.63) is 34.9 Å². The van der Waals surface area contributed by atoms with Crippen LogP contribution in [0.1, 0.15) is 21.5 Å². The van der Waals surface area contributed by atoms with E-state index in [1.807, 2.05) is 30.0 Å². The molecule has 0 saturated carbocycles. The lowest BCUT2D eigenvalue weighted by Crippen LogP contribution is -2.40. The van der Waals surface area contributed by atoms with Crippen molar-refractivity contribution >= 4 is 5.91 Å². The Morgan fingerprint density at radius 3 is 2.79 bits per heavy atom. The van der Waals surface area contributed by atoms with Gasteiger partial charge >= 0.3 is 0 Å². The van der Waals surface area contributed by atoms with Gasteiger partial charge in [-0.2, -0.15) is 0 Å². The van der Waals surface area contributed by atoms with E-state index in [2.05, 4.69) is 11.8 Å². The van der Waals surface area contributed by atoms with Gasteiger partial charge in [-0.3, -0.25) is 4.79 Å². The minimum Gasteiger partial charge on any atom is -0.378 e. The number of ether oxygens (including phenoxy) is 1. The summed E-state index contributed by atoms with van der Waals surface area (Å²) in [7, 11) is 0. The number of hydrogen-bond acceptors (Lipinski definition) is 3. The molecule has 4 heteroatoms. The summed E-state index contributed by atoms with van der Waals surface area (Å²) in [6.45, 7) is 4.80. The van der Waals surface area contributed by atoms with E-state index in [0.29, 0.717) is 38.4 Å². The molecule has 0 bridgehead atoms. The fraction of sp³-hybridized carbons (Fsp3) is 0.400. The van der Waals surface area contributed by atoms with Crippen molar-refractivity contribution in [1.29, 1.82) is 0 Å². The molecule has 2 N–H and O–H groups in total. The lowest BCUT2D eigenvalue weighted by Gasteiger charge is -2.27. The number of benzene rings is 1. The topological polar surface area (TPSA) is 55.6 Å². The molecule has 1 aliphatic rings. The second-order valence-electron chi connectivity index (χ2n) is 4.50. The van der Waals surface area contributed by atoms with E-state index in [9.17, 15) is 4.79 Å². The van der Waals surface area contributed by atoms with Gasteiger partial charge in [-0.05, 0) is 30.7 Å². The number of nitrogens with zero attached hydrogens (tertiary/aromatic N) is 1. The molecule has 0 atom stereocenters. The highest BCUT2D eigenvalue weighted by Gasteiger charge is 2.18. The van der Waals surface area contributed by atoms with Gasteiger partial charge in [0, 0.05) is 24.2 Å². The molecule has 19 heavy (non-hydrogen) atoms. The molecule has 4 nitrogen and oxygen atoms in total. The van der Waals surface area contributed by atoms with Crippen LogP contribution in [0, 0.1) is 18.8 Å². The monoisotopic (exact) mass is 258 g/mol. The number of rotatable bonds is 1. The summed E-state index contributed by atoms with van der Waals surface area (Å²) in [4.78, 5) is 14.2. The van der Waals surface area contributed by atoms with Crippen LogP contribution in [0.25, 0.3) is 0 Å². The molecule has 0 unspecified atom stereocenters. The molecular weight excluding hydrogens is 240 g/mol. The van der Waals surface area contributed by atoms with Crippen LogP contribution in [0.4, 0.5) is 0 Å². The number of morpholine rings is 1. The van der Waals surface area contributed by atoms with Crippen molar-refractivity contribution < 1.29 is 9.53 Å². The lowest BCUT2D eigenvalue weighted by atomic mass is 10.1. The van der Waals surface area contributed by atoms with Crippen LogP contribution in [0.2, 0.25) is 0 Å². The summed E-state index contributed by atoms with van der Waals surface area (Å²) in [6, 6.07) is 5.68. The van der Waals surface area contributed by atoms with E-state index in [-0.39, 0.29) is 5.91 Å². The van der Waals surface area contributed by atoms with E-state index in [1.54, 1.807) is 0 Å². The fourth-order valence-corrected chi connectivity index (χ4v) is 2.08. The predicted molar refractivity (Wildman–Crippen MR) is 73.8 cm³/mol. The Morgan fingerprint density at radius 1 is 1.37 bits per heavy atom. The highest BCUT2D eigenvalue weighted by Crippen LogP contribution is 2.12. The standard InChI is InChI=1S/C15H18N2O2/c1-12-9-13(3-2-4-16)11-14(10-12)15(18)17-5-7-19-8-6-17/h9-11H,4-8,16H2,1H3. The summed E-state index contributed by atoms with van der Waals surface area (Å²) in [5.74, 6) is 5.83. The Labute approximate surface area is 113 Å². The van der Waals surface area contributed by atoms with Gasteiger partial charge in [-0.15, -0.1) is 0 Å². The normalized spacial score (nSPS) is 14.7. The summed E-state index contributed by atoms with van der Waals surface area (Å²) in [5, 5.41) is 0. The molecule has 1 aromatic rings. The van der Waals surface area contributed by atoms with Gasteiger partial charge in [0.2, 0.25) is 0 Å². The summed E-state index contributed by atoms with van der Waals surface area (Å²) in [5.41, 5.74) is 7.91. The maximum Gasteiger partial charge on any atom is 0.254 e. The SMILES string of the molecule is Cc1cc(C#CCN)cc(C(=O)N2CCOCC2)c1. The van der Waals surface area contributed by atoms with Crippen LogP contribution in [-0.2, 0) is 4.74 Å². The van der Waals surface area contributed by atoms with Gasteiger partial charge in [0.15, 0.2) is 0 Å². The van der Waals surface area contributed by atoms with Crippen molar-refractivity contribution in [1.82, 2.24) is 4.90 Å². The molecule has 0 radical (unpaired) electrons. The molecule has 100 valence electrons. The summed E-state index contributed by atoms with van der Waals surface area (Å²) >= 11 is 0. The molecular formula is C15H18N2O2. The molecule has 0 spiro atoms. The Morgan fingerprint density at radius 2 is 2.11 bits per heavy atom. The lowest BCUT2D eigenvalue weighted by molar-refractivity contribution is 0.0303. The first-order valence-corrected chi connectivity index (χ1v) is 6.38. The molecule has 1 saturated heterocycles. The maximum atomic E-state index is 12.4. The molecule has 1 amide bonds. The van der Waals surface area contributed by atoms with Crippen LogP contribution >= 0.6 is 0 Å². The van der Waals surface area contributed by atoms with E-state index in [4.69, 9.17) is 10.5 Å². The third-order valence-electron chi connectivity index (χ3n) is 2.96. The molecule has 2 rings (SSSR count). The van der Waals surface area contributed by atoms with Gasteiger partial charge in [0.05, 0.1) is 19.8 Å². The number of carbonyl (C=O) groups excluding carboxylic acids is 1. The molecule has 0 aliphatic carbocycles. The molecule has 1 heterocycles. The van der Waals surface area contributed by atoms with Gasteiger partial charge < -0.3 is 15.4 Å². The van der Waals surface area contributed by atoms with Crippen molar-refractivity contribution in [2.75, 3.05) is 32.8 Å². The van der Waals surface area contributed by atoms with Crippen LogP contribution in [0.3, 0.4) is 0 Å². The largest absolute Gasteiger partial charge is 0.378 e. The number of aryl methyl sites for hydroxylation is 1. The smallest absolute Gasteiger partial charge is 0.254 e. The summed E-state index contributed by atoms with van der Waals surface area (Å²) < 4.78 is 5.26. The van der Waals surface area contributed by atoms with Crippen molar-refractivity contribution in [2.45, 2.75) is 6.92 Å². The Balaban J connectivity index is 2.23. The highest BCUT2D eigenvalue weighted by atomic mass is 16.5. The minimum absolute atomic E-state index is 0.0443. The second-order valence-corrected chi connectivity index (χ2v) is 4.50. The minimum atomic E-state index is 0.0443. The van der Waals surface area contributed by atoms with Crippen molar-refractivity contribution in [3.8, 4) is 11.8 Å². The summed E-state index contributed by atoms with van der Waals surface area (Å²) in [6.07, 6.45) is 0. The van der Waals surface area contributed by atoms with Gasteiger partial charge in [-0.1, -0.05) is 11.8 Å². The van der Waals surface area contributed by atoms with E-state index < -0.39 is 0 Å². The average molecular weight is 258 g/mol. The van der Waals surface area contributed by atoms with Crippen LogP contribution in [0.15, 0.2) is 18.2 Å². The highest BCUT2D eigenvalue weighted by molar-refractivity contribution is 5.94. The number of amides is 1. The number of nitrogens with two attached hydrogens (primary N) is 1. The second kappa shape index (κ2) is 6.37.